The Bertz CT molecular complexity index is 1140. The van der Waals surface area contributed by atoms with Crippen molar-refractivity contribution in [3.63, 3.8) is 0 Å². The SMILES string of the molecule is CCN(CC)C(=O)c1ccc(NC(=O)CNc2ccc(C(=O)Nc3ccc(OC)cc3)cc2)cc1. The lowest BCUT2D eigenvalue weighted by Crippen LogP contribution is -2.30. The molecule has 0 unspecified atom stereocenters. The lowest BCUT2D eigenvalue weighted by molar-refractivity contribution is -0.114. The van der Waals surface area contributed by atoms with Crippen molar-refractivity contribution in [1.82, 2.24) is 4.90 Å². The number of hydrogen-bond acceptors (Lipinski definition) is 5. The Balaban J connectivity index is 1.48. The van der Waals surface area contributed by atoms with E-state index in [4.69, 9.17) is 4.74 Å². The van der Waals surface area contributed by atoms with E-state index < -0.39 is 0 Å². The lowest BCUT2D eigenvalue weighted by atomic mass is 10.1. The molecule has 3 rings (SSSR count). The predicted molar refractivity (Wildman–Crippen MR) is 138 cm³/mol. The molecule has 0 aliphatic heterocycles. The minimum absolute atomic E-state index is 0.0318. The number of nitrogens with one attached hydrogen (secondary N) is 3. The smallest absolute Gasteiger partial charge is 0.255 e. The van der Waals surface area contributed by atoms with Crippen molar-refractivity contribution in [2.45, 2.75) is 13.8 Å². The first-order valence-corrected chi connectivity index (χ1v) is 11.4. The molecule has 35 heavy (non-hydrogen) atoms. The van der Waals surface area contributed by atoms with Gasteiger partial charge in [0.25, 0.3) is 11.8 Å². The zero-order chi connectivity index (χ0) is 25.2. The Labute approximate surface area is 205 Å². The van der Waals surface area contributed by atoms with Crippen molar-refractivity contribution >= 4 is 34.8 Å². The van der Waals surface area contributed by atoms with Crippen molar-refractivity contribution in [3.05, 3.63) is 83.9 Å². The number of benzene rings is 3. The molecule has 0 bridgehead atoms. The molecule has 0 spiro atoms. The van der Waals surface area contributed by atoms with E-state index in [1.165, 1.54) is 0 Å². The van der Waals surface area contributed by atoms with Gasteiger partial charge in [-0.05, 0) is 86.6 Å². The van der Waals surface area contributed by atoms with Crippen molar-refractivity contribution in [1.29, 1.82) is 0 Å². The van der Waals surface area contributed by atoms with E-state index in [9.17, 15) is 14.4 Å². The van der Waals surface area contributed by atoms with Crippen LogP contribution in [0.15, 0.2) is 72.8 Å². The first-order chi connectivity index (χ1) is 16.9. The van der Waals surface area contributed by atoms with Crippen LogP contribution in [0.5, 0.6) is 5.75 Å². The maximum absolute atomic E-state index is 12.4. The summed E-state index contributed by atoms with van der Waals surface area (Å²) in [6.45, 7) is 5.22. The minimum atomic E-state index is -0.234. The Morgan fingerprint density at radius 3 is 1.80 bits per heavy atom. The number of hydrogen-bond donors (Lipinski definition) is 3. The molecule has 8 nitrogen and oxygen atoms in total. The van der Waals surface area contributed by atoms with Gasteiger partial charge in [0.1, 0.15) is 5.75 Å². The van der Waals surface area contributed by atoms with Gasteiger partial charge < -0.3 is 25.6 Å². The van der Waals surface area contributed by atoms with Gasteiger partial charge in [-0.2, -0.15) is 0 Å². The largest absolute Gasteiger partial charge is 0.497 e. The molecule has 0 aliphatic rings. The van der Waals surface area contributed by atoms with Gasteiger partial charge in [-0.25, -0.2) is 0 Å². The lowest BCUT2D eigenvalue weighted by Gasteiger charge is -2.18. The third-order valence-electron chi connectivity index (χ3n) is 5.41. The molecule has 0 radical (unpaired) electrons. The van der Waals surface area contributed by atoms with Crippen LogP contribution in [0.3, 0.4) is 0 Å². The Morgan fingerprint density at radius 1 is 0.714 bits per heavy atom. The van der Waals surface area contributed by atoms with Crippen molar-refractivity contribution < 1.29 is 19.1 Å². The molecule has 3 N–H and O–H groups in total. The van der Waals surface area contributed by atoms with Crippen molar-refractivity contribution in [2.24, 2.45) is 0 Å². The molecule has 3 aromatic carbocycles. The molecule has 0 saturated carbocycles. The average molecular weight is 475 g/mol. The number of methoxy groups -OCH3 is 1. The number of nitrogens with zero attached hydrogens (tertiary/aromatic N) is 1. The van der Waals surface area contributed by atoms with Gasteiger partial charge in [-0.3, -0.25) is 14.4 Å². The highest BCUT2D eigenvalue weighted by Crippen LogP contribution is 2.17. The molecule has 0 fully saturated rings. The van der Waals surface area contributed by atoms with Crippen molar-refractivity contribution in [2.75, 3.05) is 42.7 Å². The van der Waals surface area contributed by atoms with E-state index in [1.807, 2.05) is 13.8 Å². The number of carbonyl (C=O) groups is 3. The quantitative estimate of drug-likeness (QED) is 0.402. The molecular weight excluding hydrogens is 444 g/mol. The molecule has 182 valence electrons. The van der Waals surface area contributed by atoms with Crippen LogP contribution in [0.1, 0.15) is 34.6 Å². The molecule has 8 heteroatoms. The third kappa shape index (κ3) is 7.07. The molecule has 3 amide bonds. The number of ether oxygens (including phenoxy) is 1. The van der Waals surface area contributed by atoms with Crippen LogP contribution in [0.4, 0.5) is 17.1 Å². The van der Waals surface area contributed by atoms with Crippen LogP contribution in [0, 0.1) is 0 Å². The second-order valence-electron chi connectivity index (χ2n) is 7.72. The highest BCUT2D eigenvalue weighted by Gasteiger charge is 2.12. The summed E-state index contributed by atoms with van der Waals surface area (Å²) < 4.78 is 5.11. The maximum atomic E-state index is 12.4. The predicted octanol–water partition coefficient (Wildman–Crippen LogP) is 4.48. The summed E-state index contributed by atoms with van der Waals surface area (Å²) in [6.07, 6.45) is 0. The van der Waals surface area contributed by atoms with Gasteiger partial charge in [0.15, 0.2) is 0 Å². The standard InChI is InChI=1S/C27H30N4O4/c1-4-31(5-2)27(34)20-8-12-22(13-9-20)29-25(32)18-28-21-10-6-19(7-11-21)26(33)30-23-14-16-24(35-3)17-15-23/h6-17,28H,4-5,18H2,1-3H3,(H,29,32)(H,30,33). The molecule has 0 aromatic heterocycles. The van der Waals surface area contributed by atoms with E-state index in [1.54, 1.807) is 84.8 Å². The second kappa shape index (κ2) is 12.2. The van der Waals surface area contributed by atoms with Crippen LogP contribution >= 0.6 is 0 Å². The fraction of sp³-hybridized carbons (Fsp3) is 0.222. The number of rotatable bonds is 10. The van der Waals surface area contributed by atoms with Gasteiger partial charge in [-0.1, -0.05) is 0 Å². The van der Waals surface area contributed by atoms with E-state index in [-0.39, 0.29) is 24.3 Å². The number of carbonyl (C=O) groups excluding carboxylic acids is 3. The van der Waals surface area contributed by atoms with E-state index in [0.29, 0.717) is 47.0 Å². The number of amides is 3. The third-order valence-corrected chi connectivity index (χ3v) is 5.41. The molecule has 0 heterocycles. The van der Waals surface area contributed by atoms with Gasteiger partial charge in [0.2, 0.25) is 5.91 Å². The van der Waals surface area contributed by atoms with Crippen LogP contribution in [-0.2, 0) is 4.79 Å². The summed E-state index contributed by atoms with van der Waals surface area (Å²) in [7, 11) is 1.58. The Hall–Kier alpha value is -4.33. The average Bonchev–Trinajstić information content (AvgIpc) is 2.89. The van der Waals surface area contributed by atoms with Gasteiger partial charge in [-0.15, -0.1) is 0 Å². The highest BCUT2D eigenvalue weighted by molar-refractivity contribution is 6.04. The maximum Gasteiger partial charge on any atom is 0.255 e. The van der Waals surface area contributed by atoms with E-state index in [0.717, 1.165) is 0 Å². The zero-order valence-corrected chi connectivity index (χ0v) is 20.1. The molecule has 3 aromatic rings. The minimum Gasteiger partial charge on any atom is -0.497 e. The first kappa shape index (κ1) is 25.3. The Morgan fingerprint density at radius 2 is 1.23 bits per heavy atom. The molecule has 0 atom stereocenters. The summed E-state index contributed by atoms with van der Waals surface area (Å²) in [5, 5.41) is 8.66. The van der Waals surface area contributed by atoms with E-state index >= 15 is 0 Å². The Kier molecular flexibility index (Phi) is 8.83. The first-order valence-electron chi connectivity index (χ1n) is 11.4. The van der Waals surface area contributed by atoms with Crippen LogP contribution in [-0.4, -0.2) is 49.4 Å². The summed E-state index contributed by atoms with van der Waals surface area (Å²) in [6, 6.07) is 20.8. The van der Waals surface area contributed by atoms with Crippen LogP contribution < -0.4 is 20.7 Å². The molecule has 0 saturated heterocycles. The van der Waals surface area contributed by atoms with Crippen LogP contribution in [0.25, 0.3) is 0 Å². The number of anilines is 3. The van der Waals surface area contributed by atoms with Crippen molar-refractivity contribution in [3.8, 4) is 5.75 Å². The van der Waals surface area contributed by atoms with Gasteiger partial charge >= 0.3 is 0 Å². The fourth-order valence-corrected chi connectivity index (χ4v) is 3.39. The fourth-order valence-electron chi connectivity index (χ4n) is 3.39. The summed E-state index contributed by atoms with van der Waals surface area (Å²) >= 11 is 0. The normalized spacial score (nSPS) is 10.3. The monoisotopic (exact) mass is 474 g/mol. The zero-order valence-electron chi connectivity index (χ0n) is 20.1. The highest BCUT2D eigenvalue weighted by atomic mass is 16.5. The van der Waals surface area contributed by atoms with E-state index in [2.05, 4.69) is 16.0 Å². The molecular formula is C27H30N4O4. The topological polar surface area (TPSA) is 99.8 Å². The van der Waals surface area contributed by atoms with Crippen LogP contribution in [0.2, 0.25) is 0 Å². The summed E-state index contributed by atoms with van der Waals surface area (Å²) in [5.74, 6) is 0.220. The summed E-state index contributed by atoms with van der Waals surface area (Å²) in [5.41, 5.74) is 3.07. The summed E-state index contributed by atoms with van der Waals surface area (Å²) in [4.78, 5) is 38.9. The van der Waals surface area contributed by atoms with Gasteiger partial charge in [0, 0.05) is 41.3 Å². The van der Waals surface area contributed by atoms with Gasteiger partial charge in [0.05, 0.1) is 13.7 Å². The molecule has 0 aliphatic carbocycles. The second-order valence-corrected chi connectivity index (χ2v) is 7.72.